The molecule has 1 saturated heterocycles. The normalized spacial score (nSPS) is 20.6. The fourth-order valence-electron chi connectivity index (χ4n) is 2.27. The van der Waals surface area contributed by atoms with Gasteiger partial charge < -0.3 is 10.0 Å². The Hall–Kier alpha value is -0.940. The second-order valence-electron chi connectivity index (χ2n) is 4.59. The number of amides is 1. The van der Waals surface area contributed by atoms with Crippen LogP contribution >= 0.6 is 11.3 Å². The van der Waals surface area contributed by atoms with Crippen LogP contribution in [-0.4, -0.2) is 40.6 Å². The molecule has 1 atom stereocenters. The molecule has 0 bridgehead atoms. The fourth-order valence-corrected chi connectivity index (χ4v) is 3.16. The van der Waals surface area contributed by atoms with E-state index < -0.39 is 0 Å². The van der Waals surface area contributed by atoms with E-state index in [4.69, 9.17) is 0 Å². The van der Waals surface area contributed by atoms with Gasteiger partial charge in [-0.2, -0.15) is 0 Å². The minimum absolute atomic E-state index is 0.0752. The number of thiazole rings is 1. The summed E-state index contributed by atoms with van der Waals surface area (Å²) in [7, 11) is 0. The highest BCUT2D eigenvalue weighted by molar-refractivity contribution is 7.13. The molecule has 5 heteroatoms. The highest BCUT2D eigenvalue weighted by atomic mass is 32.1. The Bertz CT molecular complexity index is 417. The van der Waals surface area contributed by atoms with E-state index in [1.807, 2.05) is 18.7 Å². The third kappa shape index (κ3) is 2.66. The number of aliphatic hydroxyl groups excluding tert-OH is 1. The maximum Gasteiger partial charge on any atom is 0.265 e. The topological polar surface area (TPSA) is 53.4 Å². The van der Waals surface area contributed by atoms with E-state index >= 15 is 0 Å². The number of likely N-dealkylation sites (tertiary alicyclic amines) is 1. The Kier molecular flexibility index (Phi) is 3.79. The van der Waals surface area contributed by atoms with E-state index in [1.54, 1.807) is 0 Å². The predicted octanol–water partition coefficient (Wildman–Crippen LogP) is 1.60. The van der Waals surface area contributed by atoms with Crippen molar-refractivity contribution in [3.8, 4) is 0 Å². The highest BCUT2D eigenvalue weighted by Crippen LogP contribution is 2.23. The molecule has 2 rings (SSSR count). The van der Waals surface area contributed by atoms with Crippen molar-refractivity contribution in [1.82, 2.24) is 9.88 Å². The van der Waals surface area contributed by atoms with Gasteiger partial charge in [-0.15, -0.1) is 11.3 Å². The van der Waals surface area contributed by atoms with Gasteiger partial charge in [0.2, 0.25) is 0 Å². The van der Waals surface area contributed by atoms with E-state index in [2.05, 4.69) is 4.98 Å². The lowest BCUT2D eigenvalue weighted by atomic mass is 9.99. The number of aliphatic hydroxyl groups is 1. The summed E-state index contributed by atoms with van der Waals surface area (Å²) in [6.45, 7) is 5.44. The molecule has 1 aliphatic heterocycles. The summed E-state index contributed by atoms with van der Waals surface area (Å²) in [4.78, 5) is 19.2. The molecule has 1 aliphatic rings. The molecular formula is C12H18N2O2S. The lowest BCUT2D eigenvalue weighted by molar-refractivity contribution is 0.0624. The molecule has 1 fully saturated rings. The average molecular weight is 254 g/mol. The number of nitrogens with zero attached hydrogens (tertiary/aromatic N) is 2. The number of hydrogen-bond donors (Lipinski definition) is 1. The Morgan fingerprint density at radius 2 is 2.35 bits per heavy atom. The zero-order valence-electron chi connectivity index (χ0n) is 10.3. The molecule has 0 unspecified atom stereocenters. The van der Waals surface area contributed by atoms with E-state index in [0.29, 0.717) is 6.54 Å². The standard InChI is InChI=1S/C12H18N2O2S/c1-8-11(17-9(2)13-8)12(16)14-5-3-4-10(6-14)7-15/h10,15H,3-7H2,1-2H3/t10-/m1/s1. The molecule has 0 aliphatic carbocycles. The number of aromatic nitrogens is 1. The predicted molar refractivity (Wildman–Crippen MR) is 67.3 cm³/mol. The molecule has 94 valence electrons. The van der Waals surface area contributed by atoms with Crippen molar-refractivity contribution in [1.29, 1.82) is 0 Å². The first-order valence-corrected chi connectivity index (χ1v) is 6.77. The fraction of sp³-hybridized carbons (Fsp3) is 0.667. The minimum atomic E-state index is 0.0752. The van der Waals surface area contributed by atoms with Crippen molar-refractivity contribution < 1.29 is 9.90 Å². The van der Waals surface area contributed by atoms with Crippen LogP contribution in [0.15, 0.2) is 0 Å². The Labute approximate surface area is 105 Å². The van der Waals surface area contributed by atoms with Crippen molar-refractivity contribution >= 4 is 17.2 Å². The van der Waals surface area contributed by atoms with E-state index in [-0.39, 0.29) is 18.4 Å². The van der Waals surface area contributed by atoms with Gasteiger partial charge in [0.05, 0.1) is 10.7 Å². The summed E-state index contributed by atoms with van der Waals surface area (Å²) in [5.41, 5.74) is 0.823. The largest absolute Gasteiger partial charge is 0.396 e. The van der Waals surface area contributed by atoms with Crippen molar-refractivity contribution in [2.24, 2.45) is 5.92 Å². The third-order valence-electron chi connectivity index (χ3n) is 3.16. The van der Waals surface area contributed by atoms with Crippen LogP contribution in [0.5, 0.6) is 0 Å². The molecule has 0 radical (unpaired) electrons. The first-order valence-electron chi connectivity index (χ1n) is 5.96. The quantitative estimate of drug-likeness (QED) is 0.872. The van der Waals surface area contributed by atoms with Gasteiger partial charge in [-0.25, -0.2) is 4.98 Å². The first kappa shape index (κ1) is 12.5. The molecule has 4 nitrogen and oxygen atoms in total. The van der Waals surface area contributed by atoms with Gasteiger partial charge >= 0.3 is 0 Å². The molecule has 0 aromatic carbocycles. The monoisotopic (exact) mass is 254 g/mol. The zero-order valence-corrected chi connectivity index (χ0v) is 11.1. The molecule has 1 aromatic rings. The summed E-state index contributed by atoms with van der Waals surface area (Å²) < 4.78 is 0. The molecule has 1 aromatic heterocycles. The maximum absolute atomic E-state index is 12.3. The van der Waals surface area contributed by atoms with Gasteiger partial charge in [0, 0.05) is 19.7 Å². The summed E-state index contributed by atoms with van der Waals surface area (Å²) in [6.07, 6.45) is 1.99. The van der Waals surface area contributed by atoms with E-state index in [1.165, 1.54) is 11.3 Å². The molecule has 0 saturated carbocycles. The molecule has 17 heavy (non-hydrogen) atoms. The van der Waals surface area contributed by atoms with Crippen LogP contribution in [-0.2, 0) is 0 Å². The second-order valence-corrected chi connectivity index (χ2v) is 5.79. The Morgan fingerprint density at radius 1 is 1.59 bits per heavy atom. The maximum atomic E-state index is 12.3. The van der Waals surface area contributed by atoms with Crippen molar-refractivity contribution in [2.75, 3.05) is 19.7 Å². The summed E-state index contributed by atoms with van der Waals surface area (Å²) in [5, 5.41) is 10.1. The molecule has 2 heterocycles. The van der Waals surface area contributed by atoms with Gasteiger partial charge in [0.15, 0.2) is 0 Å². The van der Waals surface area contributed by atoms with Crippen LogP contribution in [0.3, 0.4) is 0 Å². The number of aryl methyl sites for hydroxylation is 2. The Morgan fingerprint density at radius 3 is 2.94 bits per heavy atom. The zero-order chi connectivity index (χ0) is 12.4. The van der Waals surface area contributed by atoms with Crippen LogP contribution in [0.25, 0.3) is 0 Å². The lowest BCUT2D eigenvalue weighted by Gasteiger charge is -2.31. The molecule has 1 N–H and O–H groups in total. The highest BCUT2D eigenvalue weighted by Gasteiger charge is 2.26. The molecule has 0 spiro atoms. The van der Waals surface area contributed by atoms with Gasteiger partial charge in [-0.3, -0.25) is 4.79 Å². The van der Waals surface area contributed by atoms with Crippen LogP contribution in [0.2, 0.25) is 0 Å². The molecule has 1 amide bonds. The smallest absolute Gasteiger partial charge is 0.265 e. The van der Waals surface area contributed by atoms with Gasteiger partial charge in [-0.1, -0.05) is 0 Å². The van der Waals surface area contributed by atoms with Crippen LogP contribution < -0.4 is 0 Å². The van der Waals surface area contributed by atoms with Crippen molar-refractivity contribution in [2.45, 2.75) is 26.7 Å². The van der Waals surface area contributed by atoms with Crippen LogP contribution in [0, 0.1) is 19.8 Å². The van der Waals surface area contributed by atoms with E-state index in [9.17, 15) is 9.90 Å². The second kappa shape index (κ2) is 5.14. The first-order chi connectivity index (χ1) is 8.11. The number of carbonyl (C=O) groups is 1. The average Bonchev–Trinajstić information content (AvgIpc) is 2.67. The van der Waals surface area contributed by atoms with Gasteiger partial charge in [0.25, 0.3) is 5.91 Å². The van der Waals surface area contributed by atoms with Gasteiger partial charge in [-0.05, 0) is 32.6 Å². The lowest BCUT2D eigenvalue weighted by Crippen LogP contribution is -2.40. The summed E-state index contributed by atoms with van der Waals surface area (Å²) in [6, 6.07) is 0. The Balaban J connectivity index is 2.12. The van der Waals surface area contributed by atoms with Crippen molar-refractivity contribution in [3.63, 3.8) is 0 Å². The minimum Gasteiger partial charge on any atom is -0.396 e. The number of piperidine rings is 1. The van der Waals surface area contributed by atoms with Crippen molar-refractivity contribution in [3.05, 3.63) is 15.6 Å². The number of carbonyl (C=O) groups excluding carboxylic acids is 1. The number of hydrogen-bond acceptors (Lipinski definition) is 4. The molecular weight excluding hydrogens is 236 g/mol. The third-order valence-corrected chi connectivity index (χ3v) is 4.22. The summed E-state index contributed by atoms with van der Waals surface area (Å²) in [5.74, 6) is 0.313. The van der Waals surface area contributed by atoms with Gasteiger partial charge in [0.1, 0.15) is 4.88 Å². The van der Waals surface area contributed by atoms with E-state index in [0.717, 1.165) is 35.0 Å². The van der Waals surface area contributed by atoms with Crippen LogP contribution in [0.1, 0.15) is 33.2 Å². The summed E-state index contributed by atoms with van der Waals surface area (Å²) >= 11 is 1.46. The van der Waals surface area contributed by atoms with Crippen LogP contribution in [0.4, 0.5) is 0 Å². The SMILES string of the molecule is Cc1nc(C)c(C(=O)N2CCC[C@@H](CO)C2)s1. The number of rotatable bonds is 2.